The molecule has 0 aromatic rings. The number of piperidine rings is 1. The van der Waals surface area contributed by atoms with Gasteiger partial charge in [-0.25, -0.2) is 4.79 Å². The quantitative estimate of drug-likeness (QED) is 0.177. The molecule has 3 N–H and O–H groups in total. The summed E-state index contributed by atoms with van der Waals surface area (Å²) in [5.74, 6) is -7.15. The van der Waals surface area contributed by atoms with E-state index >= 15 is 0 Å². The van der Waals surface area contributed by atoms with Crippen molar-refractivity contribution in [1.29, 1.82) is 0 Å². The highest BCUT2D eigenvalue weighted by molar-refractivity contribution is 6.39. The number of ether oxygens (including phenoxy) is 4. The molecule has 12 nitrogen and oxygen atoms in total. The van der Waals surface area contributed by atoms with Gasteiger partial charge in [-0.1, -0.05) is 58.8 Å². The van der Waals surface area contributed by atoms with Crippen LogP contribution < -0.4 is 0 Å². The largest absolute Gasteiger partial charge is 0.456 e. The van der Waals surface area contributed by atoms with Gasteiger partial charge in [0.2, 0.25) is 5.79 Å². The molecule has 0 aromatic carbocycles. The number of nitrogens with zero attached hydrogens (tertiary/aromatic N) is 1. The van der Waals surface area contributed by atoms with E-state index < -0.39 is 77.8 Å². The zero-order chi connectivity index (χ0) is 41.5. The van der Waals surface area contributed by atoms with Crippen molar-refractivity contribution in [3.8, 4) is 0 Å². The zero-order valence-electron chi connectivity index (χ0n) is 35.4. The Morgan fingerprint density at radius 1 is 0.929 bits per heavy atom. The van der Waals surface area contributed by atoms with Crippen molar-refractivity contribution < 1.29 is 53.4 Å². The van der Waals surface area contributed by atoms with Gasteiger partial charge in [0.25, 0.3) is 11.7 Å². The number of Topliss-reactive ketones (excluding diaryl/α,β-unsaturated/α-hetero) is 2. The normalized spacial score (nSPS) is 41.6. The Morgan fingerprint density at radius 2 is 1.62 bits per heavy atom. The Hall–Kier alpha value is -2.48. The molecule has 14 atom stereocenters. The minimum absolute atomic E-state index is 0.00980. The van der Waals surface area contributed by atoms with Crippen molar-refractivity contribution in [2.45, 2.75) is 174 Å². The first-order valence-electron chi connectivity index (χ1n) is 21.2. The number of rotatable bonds is 6. The van der Waals surface area contributed by atoms with E-state index in [1.165, 1.54) is 4.90 Å². The Bertz CT molecular complexity index is 1430. The molecular weight excluding hydrogens is 718 g/mol. The van der Waals surface area contributed by atoms with Crippen molar-refractivity contribution in [3.05, 3.63) is 23.3 Å². The predicted octanol–water partition coefficient (Wildman–Crippen LogP) is 5.48. The molecule has 8 unspecified atom stereocenters. The van der Waals surface area contributed by atoms with Crippen molar-refractivity contribution in [1.82, 2.24) is 4.90 Å². The number of cyclic esters (lactones) is 1. The smallest absolute Gasteiger partial charge is 0.329 e. The monoisotopic (exact) mass is 790 g/mol. The Labute approximate surface area is 334 Å². The highest BCUT2D eigenvalue weighted by atomic mass is 16.7. The number of aliphatic hydroxyl groups excluding tert-OH is 2. The number of allylic oxidation sites excluding steroid dienone is 3. The second-order valence-corrected chi connectivity index (χ2v) is 17.5. The molecule has 3 aliphatic heterocycles. The van der Waals surface area contributed by atoms with E-state index in [4.69, 9.17) is 18.9 Å². The topological polar surface area (TPSA) is 169 Å². The van der Waals surface area contributed by atoms with E-state index in [0.717, 1.165) is 5.57 Å². The van der Waals surface area contributed by atoms with Gasteiger partial charge in [0, 0.05) is 44.9 Å². The van der Waals surface area contributed by atoms with Gasteiger partial charge in [-0.2, -0.15) is 0 Å². The Balaban J connectivity index is 1.76. The van der Waals surface area contributed by atoms with Crippen molar-refractivity contribution in [2.75, 3.05) is 20.8 Å². The maximum Gasteiger partial charge on any atom is 0.329 e. The van der Waals surface area contributed by atoms with Crippen LogP contribution in [0.1, 0.15) is 126 Å². The van der Waals surface area contributed by atoms with Crippen LogP contribution in [0.2, 0.25) is 0 Å². The molecule has 0 spiro atoms. The molecule has 4 aliphatic rings. The fourth-order valence-electron chi connectivity index (χ4n) is 9.76. The summed E-state index contributed by atoms with van der Waals surface area (Å²) >= 11 is 0. The number of hydrogen-bond donors (Lipinski definition) is 3. The number of methoxy groups -OCH3 is 2. The van der Waals surface area contributed by atoms with Gasteiger partial charge in [-0.3, -0.25) is 14.4 Å². The summed E-state index contributed by atoms with van der Waals surface area (Å²) < 4.78 is 24.0. The lowest BCUT2D eigenvalue weighted by atomic mass is 9.78. The number of amides is 1. The third-order valence-corrected chi connectivity index (χ3v) is 13.3. The number of ketones is 2. The molecule has 3 fully saturated rings. The molecule has 1 aliphatic carbocycles. The van der Waals surface area contributed by atoms with Gasteiger partial charge in [-0.15, -0.1) is 0 Å². The van der Waals surface area contributed by atoms with Crippen LogP contribution in [-0.2, 0) is 38.1 Å². The first-order chi connectivity index (χ1) is 26.5. The van der Waals surface area contributed by atoms with Crippen LogP contribution >= 0.6 is 0 Å². The van der Waals surface area contributed by atoms with Gasteiger partial charge < -0.3 is 39.2 Å². The third-order valence-electron chi connectivity index (χ3n) is 13.3. The highest BCUT2D eigenvalue weighted by Crippen LogP contribution is 2.41. The van der Waals surface area contributed by atoms with Crippen molar-refractivity contribution in [3.63, 3.8) is 0 Å². The first kappa shape index (κ1) is 46.2. The van der Waals surface area contributed by atoms with E-state index in [1.54, 1.807) is 28.1 Å². The van der Waals surface area contributed by atoms with Crippen molar-refractivity contribution in [2.24, 2.45) is 35.5 Å². The number of carbonyl (C=O) groups excluding carboxylic acids is 4. The van der Waals surface area contributed by atoms with E-state index in [0.29, 0.717) is 69.8 Å². The summed E-state index contributed by atoms with van der Waals surface area (Å²) in [7, 11) is 3.16. The van der Waals surface area contributed by atoms with Gasteiger partial charge in [-0.05, 0) is 101 Å². The molecule has 3 heterocycles. The number of hydrogen-bond acceptors (Lipinski definition) is 11. The number of carbonyl (C=O) groups is 4. The molecule has 0 aromatic heterocycles. The number of esters is 1. The average molecular weight is 790 g/mol. The lowest BCUT2D eigenvalue weighted by Crippen LogP contribution is -2.63. The molecule has 1 saturated carbocycles. The minimum Gasteiger partial charge on any atom is -0.456 e. The first-order valence-corrected chi connectivity index (χ1v) is 21.2. The van der Waals surface area contributed by atoms with E-state index in [9.17, 15) is 34.5 Å². The standard InChI is InChI=1S/C44H71NO11/c1-10-31-19-25(3)18-26(4)20-32(11-2)40-38(54-9)22-28(6)44(52,56-40)41(49)42(50)45-17-13-12-14-33(45)43(51)55-39(29(7)35(47)24-36(31)48)27(5)21-30-15-16-34(46)37(23-30)53-8/h19,21,26,28-35,37-40,46-47,52H,10-18,20,22-24H2,1-9H3/b25-19+,27-21+/t26-,28+,29+,30-,31+,32-,33?,34?,35?,37?,38?,39?,40?,44?/m0/s1. The lowest BCUT2D eigenvalue weighted by Gasteiger charge is -2.47. The second-order valence-electron chi connectivity index (χ2n) is 17.5. The summed E-state index contributed by atoms with van der Waals surface area (Å²) in [6, 6.07) is -1.11. The van der Waals surface area contributed by atoms with Crippen LogP contribution in [0.25, 0.3) is 0 Å². The summed E-state index contributed by atoms with van der Waals surface area (Å²) in [5, 5.41) is 34.1. The number of aliphatic hydroxyl groups is 3. The van der Waals surface area contributed by atoms with E-state index in [1.807, 2.05) is 39.8 Å². The summed E-state index contributed by atoms with van der Waals surface area (Å²) in [4.78, 5) is 57.8. The van der Waals surface area contributed by atoms with Crippen LogP contribution in [0, 0.1) is 35.5 Å². The lowest BCUT2D eigenvalue weighted by molar-refractivity contribution is -0.296. The Morgan fingerprint density at radius 3 is 2.27 bits per heavy atom. The molecular formula is C44H71NO11. The van der Waals surface area contributed by atoms with Crippen LogP contribution in [0.15, 0.2) is 23.3 Å². The fraction of sp³-hybridized carbons (Fsp3) is 0.818. The zero-order valence-corrected chi connectivity index (χ0v) is 35.4. The second kappa shape index (κ2) is 20.5. The van der Waals surface area contributed by atoms with Crippen LogP contribution in [-0.4, -0.2) is 113 Å². The molecule has 4 rings (SSSR count). The van der Waals surface area contributed by atoms with E-state index in [-0.39, 0.29) is 49.0 Å². The number of fused-ring (bicyclic) bond motifs is 3. The van der Waals surface area contributed by atoms with Gasteiger partial charge >= 0.3 is 5.97 Å². The molecule has 2 bridgehead atoms. The molecule has 0 radical (unpaired) electrons. The summed E-state index contributed by atoms with van der Waals surface area (Å²) in [5.41, 5.74) is 1.73. The minimum atomic E-state index is -2.42. The van der Waals surface area contributed by atoms with Gasteiger partial charge in [0.05, 0.1) is 30.5 Å². The summed E-state index contributed by atoms with van der Waals surface area (Å²) in [6.45, 7) is 13.5. The molecule has 12 heteroatoms. The highest BCUT2D eigenvalue weighted by Gasteiger charge is 2.56. The maximum absolute atomic E-state index is 14.3. The molecule has 2 saturated heterocycles. The maximum atomic E-state index is 14.3. The molecule has 318 valence electrons. The molecule has 1 amide bonds. The van der Waals surface area contributed by atoms with E-state index in [2.05, 4.69) is 6.92 Å². The van der Waals surface area contributed by atoms with Gasteiger partial charge in [0.1, 0.15) is 17.9 Å². The third kappa shape index (κ3) is 10.8. The van der Waals surface area contributed by atoms with Crippen LogP contribution in [0.4, 0.5) is 0 Å². The predicted molar refractivity (Wildman–Crippen MR) is 211 cm³/mol. The van der Waals surface area contributed by atoms with Gasteiger partial charge in [0.15, 0.2) is 0 Å². The Kier molecular flexibility index (Phi) is 16.9. The molecule has 56 heavy (non-hydrogen) atoms. The van der Waals surface area contributed by atoms with Crippen molar-refractivity contribution >= 4 is 23.4 Å². The SMILES string of the molecule is CC[C@H]1C[C@@H](C)C/C(C)=C/[C@@H](CC)C(=O)CC(O)[C@@H](C)C(/C(C)=C/[C@@H]2CCC(O)C(OC)C2)OC(=O)C2CCCCN2C(=O)C(=O)C2(O)OC1C(OC)C[C@H]2C. The fourth-order valence-corrected chi connectivity index (χ4v) is 9.76. The van der Waals surface area contributed by atoms with Crippen LogP contribution in [0.5, 0.6) is 0 Å². The van der Waals surface area contributed by atoms with Crippen LogP contribution in [0.3, 0.4) is 0 Å². The average Bonchev–Trinajstić information content (AvgIpc) is 3.18. The summed E-state index contributed by atoms with van der Waals surface area (Å²) in [6.07, 6.45) is 5.96.